The summed E-state index contributed by atoms with van der Waals surface area (Å²) in [6.45, 7) is 3.75. The molecule has 5 rings (SSSR count). The number of carboxylic acid groups (broad SMARTS) is 1. The van der Waals surface area contributed by atoms with Crippen LogP contribution in [0.5, 0.6) is 23.0 Å². The molecule has 1 N–H and O–H groups in total. The Balaban J connectivity index is 1.61. The third kappa shape index (κ3) is 6.24. The Bertz CT molecular complexity index is 1980. The minimum Gasteiger partial charge on any atom is -0.493 e. The molecule has 1 aliphatic rings. The predicted octanol–water partition coefficient (Wildman–Crippen LogP) is 4.10. The summed E-state index contributed by atoms with van der Waals surface area (Å²) in [4.78, 5) is 43.7. The van der Waals surface area contributed by atoms with E-state index in [0.717, 1.165) is 5.56 Å². The number of thiazole rings is 1. The van der Waals surface area contributed by atoms with Crippen LogP contribution in [0.3, 0.4) is 0 Å². The number of hydrogen-bond acceptors (Lipinski definition) is 10. The van der Waals surface area contributed by atoms with Crippen LogP contribution >= 0.6 is 11.3 Å². The van der Waals surface area contributed by atoms with Crippen LogP contribution in [0.25, 0.3) is 6.08 Å². The summed E-state index contributed by atoms with van der Waals surface area (Å²) in [6.07, 6.45) is 1.72. The molecule has 0 unspecified atom stereocenters. The smallest absolute Gasteiger partial charge is 0.338 e. The first-order valence-corrected chi connectivity index (χ1v) is 15.1. The number of aromatic nitrogens is 1. The lowest BCUT2D eigenvalue weighted by Gasteiger charge is -2.26. The number of aromatic carboxylic acids is 1. The van der Waals surface area contributed by atoms with Gasteiger partial charge in [-0.05, 0) is 61.4 Å². The maximum atomic E-state index is 14.2. The molecule has 238 valence electrons. The van der Waals surface area contributed by atoms with E-state index in [2.05, 4.69) is 4.99 Å². The van der Waals surface area contributed by atoms with E-state index in [1.165, 1.54) is 49.4 Å². The van der Waals surface area contributed by atoms with Gasteiger partial charge in [-0.15, -0.1) is 0 Å². The molecule has 11 nitrogen and oxygen atoms in total. The summed E-state index contributed by atoms with van der Waals surface area (Å²) >= 11 is 1.18. The van der Waals surface area contributed by atoms with Crippen LogP contribution in [-0.4, -0.2) is 49.5 Å². The number of para-hydroxylation sites is 1. The topological polar surface area (TPSA) is 135 Å². The second-order valence-electron chi connectivity index (χ2n) is 10.1. The van der Waals surface area contributed by atoms with Crippen molar-refractivity contribution in [2.75, 3.05) is 27.9 Å². The monoisotopic (exact) mass is 644 g/mol. The van der Waals surface area contributed by atoms with Crippen molar-refractivity contribution in [3.05, 3.63) is 114 Å². The third-order valence-corrected chi connectivity index (χ3v) is 8.30. The SMILES string of the molecule is CCOC(=O)C1=C(C)N=c2s/c(=C\c3ccccc3OCc3ccc(C(=O)O)cc3)c(=O)n2[C@H]1c1cc(OC)c(OC)c(OC)c1. The Labute approximate surface area is 268 Å². The van der Waals surface area contributed by atoms with E-state index >= 15 is 0 Å². The molecule has 0 aliphatic carbocycles. The summed E-state index contributed by atoms with van der Waals surface area (Å²) in [5, 5.41) is 9.16. The number of carbonyl (C=O) groups excluding carboxylic acids is 1. The van der Waals surface area contributed by atoms with E-state index in [-0.39, 0.29) is 29.9 Å². The summed E-state index contributed by atoms with van der Waals surface area (Å²) in [6, 6.07) is 16.2. The molecule has 0 fully saturated rings. The highest BCUT2D eigenvalue weighted by molar-refractivity contribution is 7.07. The Morgan fingerprint density at radius 3 is 2.26 bits per heavy atom. The van der Waals surface area contributed by atoms with Crippen molar-refractivity contribution in [3.8, 4) is 23.0 Å². The molecule has 0 saturated heterocycles. The number of rotatable bonds is 11. The number of methoxy groups -OCH3 is 3. The second kappa shape index (κ2) is 13.7. The number of nitrogens with zero attached hydrogens (tertiary/aromatic N) is 2. The molecule has 0 radical (unpaired) electrons. The Hall–Kier alpha value is -5.36. The van der Waals surface area contributed by atoms with Gasteiger partial charge < -0.3 is 28.8 Å². The van der Waals surface area contributed by atoms with Crippen LogP contribution in [0.2, 0.25) is 0 Å². The number of esters is 1. The highest BCUT2D eigenvalue weighted by Gasteiger charge is 2.34. The van der Waals surface area contributed by atoms with Gasteiger partial charge in [-0.25, -0.2) is 14.6 Å². The van der Waals surface area contributed by atoms with Gasteiger partial charge in [0, 0.05) is 5.56 Å². The van der Waals surface area contributed by atoms with E-state index in [1.807, 2.05) is 18.2 Å². The molecule has 1 aromatic heterocycles. The van der Waals surface area contributed by atoms with E-state index in [4.69, 9.17) is 28.8 Å². The molecule has 0 saturated carbocycles. The number of benzene rings is 3. The highest BCUT2D eigenvalue weighted by Crippen LogP contribution is 2.42. The number of fused-ring (bicyclic) bond motifs is 1. The minimum absolute atomic E-state index is 0.141. The van der Waals surface area contributed by atoms with Gasteiger partial charge in [0.1, 0.15) is 12.4 Å². The zero-order chi connectivity index (χ0) is 33.0. The summed E-state index contributed by atoms with van der Waals surface area (Å²) < 4.78 is 30.0. The van der Waals surface area contributed by atoms with Crippen molar-refractivity contribution in [1.82, 2.24) is 4.57 Å². The zero-order valence-electron chi connectivity index (χ0n) is 25.9. The number of allylic oxidation sites excluding steroid dienone is 1. The lowest BCUT2D eigenvalue weighted by atomic mass is 9.95. The Morgan fingerprint density at radius 2 is 1.65 bits per heavy atom. The maximum absolute atomic E-state index is 14.2. The average molecular weight is 645 g/mol. The van der Waals surface area contributed by atoms with Crippen molar-refractivity contribution in [3.63, 3.8) is 0 Å². The van der Waals surface area contributed by atoms with Crippen molar-refractivity contribution in [2.24, 2.45) is 4.99 Å². The molecular weight excluding hydrogens is 612 g/mol. The first-order chi connectivity index (χ1) is 22.2. The van der Waals surface area contributed by atoms with Crippen molar-refractivity contribution < 1.29 is 38.4 Å². The highest BCUT2D eigenvalue weighted by atomic mass is 32.1. The van der Waals surface area contributed by atoms with Crippen molar-refractivity contribution >= 4 is 29.4 Å². The quantitative estimate of drug-likeness (QED) is 0.240. The van der Waals surface area contributed by atoms with E-state index in [0.29, 0.717) is 49.2 Å². The van der Waals surface area contributed by atoms with Crippen LogP contribution in [-0.2, 0) is 16.1 Å². The molecule has 12 heteroatoms. The van der Waals surface area contributed by atoms with Gasteiger partial charge in [0.25, 0.3) is 5.56 Å². The largest absolute Gasteiger partial charge is 0.493 e. The molecule has 0 spiro atoms. The Morgan fingerprint density at radius 1 is 0.978 bits per heavy atom. The van der Waals surface area contributed by atoms with Gasteiger partial charge in [0.2, 0.25) is 5.75 Å². The van der Waals surface area contributed by atoms with Crippen LogP contribution in [0, 0.1) is 0 Å². The summed E-state index contributed by atoms with van der Waals surface area (Å²) in [5.41, 5.74) is 2.43. The molecular formula is C34H32N2O9S. The van der Waals surface area contributed by atoms with Crippen LogP contribution in [0.1, 0.15) is 46.9 Å². The number of ether oxygens (including phenoxy) is 5. The van der Waals surface area contributed by atoms with Crippen LogP contribution in [0.4, 0.5) is 0 Å². The lowest BCUT2D eigenvalue weighted by Crippen LogP contribution is -2.40. The maximum Gasteiger partial charge on any atom is 0.338 e. The second-order valence-corrected chi connectivity index (χ2v) is 11.1. The average Bonchev–Trinajstić information content (AvgIpc) is 3.36. The fourth-order valence-electron chi connectivity index (χ4n) is 5.14. The predicted molar refractivity (Wildman–Crippen MR) is 171 cm³/mol. The fraction of sp³-hybridized carbons (Fsp3) is 0.235. The molecule has 2 heterocycles. The van der Waals surface area contributed by atoms with Gasteiger partial charge in [0.05, 0.1) is 55.3 Å². The molecule has 46 heavy (non-hydrogen) atoms. The van der Waals surface area contributed by atoms with Crippen LogP contribution in [0.15, 0.2) is 81.7 Å². The first-order valence-electron chi connectivity index (χ1n) is 14.2. The normalized spacial score (nSPS) is 14.3. The van der Waals surface area contributed by atoms with Gasteiger partial charge in [0.15, 0.2) is 16.3 Å². The Kier molecular flexibility index (Phi) is 9.57. The molecule has 1 aliphatic heterocycles. The number of hydrogen-bond donors (Lipinski definition) is 1. The van der Waals surface area contributed by atoms with Crippen molar-refractivity contribution in [1.29, 1.82) is 0 Å². The first kappa shape index (κ1) is 32.0. The third-order valence-electron chi connectivity index (χ3n) is 7.32. The molecule has 1 atom stereocenters. The van der Waals surface area contributed by atoms with Gasteiger partial charge in [-0.2, -0.15) is 0 Å². The summed E-state index contributed by atoms with van der Waals surface area (Å²) in [5.74, 6) is 0.0264. The summed E-state index contributed by atoms with van der Waals surface area (Å²) in [7, 11) is 4.47. The molecule has 0 bridgehead atoms. The van der Waals surface area contributed by atoms with Crippen LogP contribution < -0.4 is 33.8 Å². The van der Waals surface area contributed by atoms with Crippen molar-refractivity contribution in [2.45, 2.75) is 26.5 Å². The lowest BCUT2D eigenvalue weighted by molar-refractivity contribution is -0.139. The van der Waals surface area contributed by atoms with E-state index in [1.54, 1.807) is 50.3 Å². The van der Waals surface area contributed by atoms with E-state index < -0.39 is 18.0 Å². The number of carboxylic acids is 1. The van der Waals surface area contributed by atoms with Gasteiger partial charge >= 0.3 is 11.9 Å². The fourth-order valence-corrected chi connectivity index (χ4v) is 6.18. The molecule has 0 amide bonds. The van der Waals surface area contributed by atoms with E-state index in [9.17, 15) is 14.4 Å². The standard InChI is InChI=1S/C34H32N2O9S/c1-6-44-33(40)28-19(2)35-34-36(29(28)23-15-25(41-3)30(43-5)26(16-23)42-4)31(37)27(46-34)17-22-9-7-8-10-24(22)45-18-20-11-13-21(14-12-20)32(38)39/h7-17,29H,6,18H2,1-5H3,(H,38,39)/b27-17-/t29-/m0/s1. The zero-order valence-corrected chi connectivity index (χ0v) is 26.7. The minimum atomic E-state index is -1.00. The molecule has 4 aromatic rings. The molecule has 3 aromatic carbocycles. The number of carbonyl (C=O) groups is 2. The van der Waals surface area contributed by atoms with Gasteiger partial charge in [-0.3, -0.25) is 9.36 Å². The van der Waals surface area contributed by atoms with Gasteiger partial charge in [-0.1, -0.05) is 41.7 Å².